The third kappa shape index (κ3) is 5.72. The molecule has 10 heteroatoms. The van der Waals surface area contributed by atoms with Crippen molar-refractivity contribution in [3.8, 4) is 5.69 Å². The fourth-order valence-corrected chi connectivity index (χ4v) is 1.63. The van der Waals surface area contributed by atoms with Crippen molar-refractivity contribution in [2.75, 3.05) is 0 Å². The number of rotatable bonds is 4. The van der Waals surface area contributed by atoms with Gasteiger partial charge in [-0.05, 0) is 18.2 Å². The van der Waals surface area contributed by atoms with Gasteiger partial charge in [0.2, 0.25) is 0 Å². The Kier molecular flexibility index (Phi) is 6.48. The van der Waals surface area contributed by atoms with Gasteiger partial charge in [0.05, 0.1) is 17.8 Å². The molecule has 0 saturated carbocycles. The average Bonchev–Trinajstić information content (AvgIpc) is 2.95. The number of hydrogen-bond donors (Lipinski definition) is 2. The second kappa shape index (κ2) is 8.11. The van der Waals surface area contributed by atoms with Crippen LogP contribution in [0.4, 0.5) is 13.2 Å². The monoisotopic (exact) mass is 345 g/mol. The third-order valence-corrected chi connectivity index (χ3v) is 2.76. The Hall–Kier alpha value is -2.88. The van der Waals surface area contributed by atoms with Gasteiger partial charge < -0.3 is 20.7 Å². The first-order chi connectivity index (χ1) is 11.1. The average molecular weight is 345 g/mol. The summed E-state index contributed by atoms with van der Waals surface area (Å²) in [6, 6.07) is 10.8. The Morgan fingerprint density at radius 3 is 2.25 bits per heavy atom. The van der Waals surface area contributed by atoms with Crippen LogP contribution in [-0.2, 0) is 16.0 Å². The molecule has 1 aromatic heterocycles. The zero-order valence-electron chi connectivity index (χ0n) is 12.2. The number of quaternary nitrogens is 1. The molecule has 4 N–H and O–H groups in total. The molecule has 130 valence electrons. The van der Waals surface area contributed by atoms with Gasteiger partial charge in [-0.25, -0.2) is 9.48 Å². The lowest BCUT2D eigenvalue weighted by atomic mass is 10.1. The van der Waals surface area contributed by atoms with Crippen molar-refractivity contribution in [2.24, 2.45) is 0 Å². The Bertz CT molecular complexity index is 686. The van der Waals surface area contributed by atoms with Gasteiger partial charge in [0.25, 0.3) is 0 Å². The van der Waals surface area contributed by atoms with Crippen molar-refractivity contribution in [1.29, 1.82) is 0 Å². The highest BCUT2D eigenvalue weighted by molar-refractivity contribution is 5.72. The Morgan fingerprint density at radius 2 is 1.79 bits per heavy atom. The van der Waals surface area contributed by atoms with E-state index in [0.717, 1.165) is 11.4 Å². The maximum absolute atomic E-state index is 10.8. The predicted octanol–water partition coefficient (Wildman–Crippen LogP) is -0.591. The molecular weight excluding hydrogens is 331 g/mol. The van der Waals surface area contributed by atoms with Crippen LogP contribution in [0.2, 0.25) is 0 Å². The van der Waals surface area contributed by atoms with Crippen LogP contribution in [-0.4, -0.2) is 39.0 Å². The van der Waals surface area contributed by atoms with E-state index in [2.05, 4.69) is 10.8 Å². The standard InChI is InChI=1S/C12H13N3O2.C2HF3O2/c13-11(12(16)17)8-10-6-7-14-15(10)9-4-2-1-3-5-9;3-2(4,5)1(6)7/h1-7,11H,8,13H2,(H,16,17);(H,6,7)/t11-;/m0./s1. The number of benzene rings is 1. The van der Waals surface area contributed by atoms with Crippen LogP contribution in [0, 0.1) is 0 Å². The maximum Gasteiger partial charge on any atom is 0.430 e. The lowest BCUT2D eigenvalue weighted by Gasteiger charge is -2.08. The van der Waals surface area contributed by atoms with E-state index in [1.807, 2.05) is 36.4 Å². The normalized spacial score (nSPS) is 12.0. The Balaban J connectivity index is 0.000000351. The molecule has 1 aromatic carbocycles. The number of alkyl halides is 3. The molecule has 0 bridgehead atoms. The minimum Gasteiger partial charge on any atom is -0.542 e. The SMILES string of the molecule is O=C([O-])C(F)(F)F.[NH3+][C@@H](Cc1ccnn1-c1ccccc1)C(=O)O. The predicted molar refractivity (Wildman–Crippen MR) is 72.6 cm³/mol. The zero-order valence-corrected chi connectivity index (χ0v) is 12.2. The number of aliphatic carboxylic acids is 2. The first kappa shape index (κ1) is 19.2. The molecule has 0 radical (unpaired) electrons. The molecule has 0 fully saturated rings. The molecule has 0 aliphatic heterocycles. The molecule has 0 aliphatic rings. The molecule has 2 aromatic rings. The topological polar surface area (TPSA) is 123 Å². The molecule has 1 heterocycles. The molecule has 7 nitrogen and oxygen atoms in total. The summed E-state index contributed by atoms with van der Waals surface area (Å²) in [5.41, 5.74) is 5.37. The van der Waals surface area contributed by atoms with E-state index in [4.69, 9.17) is 15.0 Å². The van der Waals surface area contributed by atoms with Crippen LogP contribution in [0.3, 0.4) is 0 Å². The molecule has 0 saturated heterocycles. The van der Waals surface area contributed by atoms with E-state index in [0.29, 0.717) is 6.42 Å². The van der Waals surface area contributed by atoms with Crippen LogP contribution in [0.25, 0.3) is 5.69 Å². The molecule has 0 amide bonds. The summed E-state index contributed by atoms with van der Waals surface area (Å²) < 4.78 is 33.3. The lowest BCUT2D eigenvalue weighted by Crippen LogP contribution is -2.66. The summed E-state index contributed by atoms with van der Waals surface area (Å²) in [6.45, 7) is 0. The summed E-state index contributed by atoms with van der Waals surface area (Å²) in [5.74, 6) is -3.90. The minimum atomic E-state index is -5.19. The molecule has 2 rings (SSSR count). The van der Waals surface area contributed by atoms with Gasteiger partial charge in [-0.1, -0.05) is 18.2 Å². The fourth-order valence-electron chi connectivity index (χ4n) is 1.63. The number of carboxylic acid groups (broad SMARTS) is 2. The summed E-state index contributed by atoms with van der Waals surface area (Å²) >= 11 is 0. The number of carboxylic acids is 2. The largest absolute Gasteiger partial charge is 0.542 e. The number of carbonyl (C=O) groups is 2. The van der Waals surface area contributed by atoms with E-state index in [1.54, 1.807) is 10.9 Å². The van der Waals surface area contributed by atoms with Crippen molar-refractivity contribution in [2.45, 2.75) is 18.6 Å². The Labute approximate surface area is 134 Å². The van der Waals surface area contributed by atoms with Gasteiger partial charge in [0.1, 0.15) is 5.97 Å². The van der Waals surface area contributed by atoms with Gasteiger partial charge in [-0.15, -0.1) is 0 Å². The van der Waals surface area contributed by atoms with Crippen molar-refractivity contribution in [3.05, 3.63) is 48.3 Å². The van der Waals surface area contributed by atoms with Crippen LogP contribution in [0.1, 0.15) is 5.69 Å². The smallest absolute Gasteiger partial charge is 0.430 e. The van der Waals surface area contributed by atoms with Crippen molar-refractivity contribution < 1.29 is 38.7 Å². The molecule has 0 unspecified atom stereocenters. The fraction of sp³-hybridized carbons (Fsp3) is 0.214. The highest BCUT2D eigenvalue weighted by atomic mass is 19.4. The summed E-state index contributed by atoms with van der Waals surface area (Å²) in [5, 5.41) is 21.8. The van der Waals surface area contributed by atoms with Gasteiger partial charge in [-0.2, -0.15) is 18.3 Å². The summed E-state index contributed by atoms with van der Waals surface area (Å²) in [4.78, 5) is 19.6. The second-order valence-electron chi connectivity index (χ2n) is 4.59. The molecular formula is C14H14F3N3O4. The van der Waals surface area contributed by atoms with Crippen molar-refractivity contribution >= 4 is 11.9 Å². The molecule has 1 atom stereocenters. The summed E-state index contributed by atoms with van der Waals surface area (Å²) in [7, 11) is 0. The van der Waals surface area contributed by atoms with E-state index in [9.17, 15) is 18.0 Å². The van der Waals surface area contributed by atoms with Crippen LogP contribution in [0.5, 0.6) is 0 Å². The zero-order chi connectivity index (χ0) is 18.3. The Morgan fingerprint density at radius 1 is 1.25 bits per heavy atom. The van der Waals surface area contributed by atoms with Crippen molar-refractivity contribution in [1.82, 2.24) is 9.78 Å². The van der Waals surface area contributed by atoms with Crippen LogP contribution in [0.15, 0.2) is 42.6 Å². The number of hydrogen-bond acceptors (Lipinski definition) is 4. The summed E-state index contributed by atoms with van der Waals surface area (Å²) in [6.07, 6.45) is -3.17. The van der Waals surface area contributed by atoms with E-state index >= 15 is 0 Å². The maximum atomic E-state index is 10.8. The van der Waals surface area contributed by atoms with Crippen LogP contribution >= 0.6 is 0 Å². The number of aromatic nitrogens is 2. The van der Waals surface area contributed by atoms with E-state index in [-0.39, 0.29) is 0 Å². The number of halogens is 3. The third-order valence-electron chi connectivity index (χ3n) is 2.76. The first-order valence-corrected chi connectivity index (χ1v) is 6.55. The van der Waals surface area contributed by atoms with Gasteiger partial charge in [0.15, 0.2) is 6.04 Å². The highest BCUT2D eigenvalue weighted by Crippen LogP contribution is 2.12. The molecule has 0 aliphatic carbocycles. The number of carbonyl (C=O) groups excluding carboxylic acids is 1. The number of nitrogens with zero attached hydrogens (tertiary/aromatic N) is 2. The first-order valence-electron chi connectivity index (χ1n) is 6.55. The quantitative estimate of drug-likeness (QED) is 0.767. The van der Waals surface area contributed by atoms with Gasteiger partial charge in [-0.3, -0.25) is 0 Å². The second-order valence-corrected chi connectivity index (χ2v) is 4.59. The molecule has 0 spiro atoms. The van der Waals surface area contributed by atoms with Crippen molar-refractivity contribution in [3.63, 3.8) is 0 Å². The van der Waals surface area contributed by atoms with Gasteiger partial charge >= 0.3 is 12.1 Å². The minimum absolute atomic E-state index is 0.365. The van der Waals surface area contributed by atoms with Crippen LogP contribution < -0.4 is 10.8 Å². The number of para-hydroxylation sites is 1. The van der Waals surface area contributed by atoms with E-state index < -0.39 is 24.2 Å². The molecule has 24 heavy (non-hydrogen) atoms. The highest BCUT2D eigenvalue weighted by Gasteiger charge is 2.28. The lowest BCUT2D eigenvalue weighted by molar-refractivity contribution is -0.407. The van der Waals surface area contributed by atoms with Gasteiger partial charge in [0, 0.05) is 6.20 Å². The van der Waals surface area contributed by atoms with E-state index in [1.165, 1.54) is 0 Å².